The van der Waals surface area contributed by atoms with E-state index >= 15 is 0 Å². The maximum Gasteiger partial charge on any atom is 0.472 e. The Morgan fingerprint density at radius 3 is 1.20 bits per heavy atom. The molecule has 9 heteroatoms. The first-order chi connectivity index (χ1) is 26.6. The second-order valence-corrected chi connectivity index (χ2v) is 19.0. The number of nitrogens with zero attached hydrogens (tertiary/aromatic N) is 1. The zero-order chi connectivity index (χ0) is 40.6. The Balaban J connectivity index is 4.05. The molecule has 0 aromatic carbocycles. The molecule has 1 N–H and O–H groups in total. The topological polar surface area (TPSA) is 91.3 Å². The first kappa shape index (κ1) is 54.5. The molecule has 0 rings (SSSR count). The third kappa shape index (κ3) is 44.4. The minimum Gasteiger partial charge on any atom is -0.457 e. The first-order valence-corrected chi connectivity index (χ1v) is 25.3. The van der Waals surface area contributed by atoms with Crippen LogP contribution in [0.2, 0.25) is 0 Å². The number of rotatable bonds is 45. The maximum atomic E-state index is 12.7. The molecule has 330 valence electrons. The highest BCUT2D eigenvalue weighted by atomic mass is 31.2. The summed E-state index contributed by atoms with van der Waals surface area (Å²) in [6.07, 6.45) is 42.8. The molecule has 2 unspecified atom stereocenters. The summed E-state index contributed by atoms with van der Waals surface area (Å²) in [4.78, 5) is 22.9. The van der Waals surface area contributed by atoms with E-state index in [0.29, 0.717) is 24.1 Å². The number of hydrogen-bond donors (Lipinski definition) is 1. The molecule has 0 bridgehead atoms. The molecule has 8 nitrogen and oxygen atoms in total. The fourth-order valence-electron chi connectivity index (χ4n) is 6.97. The van der Waals surface area contributed by atoms with Crippen LogP contribution in [0.15, 0.2) is 0 Å². The number of carbonyl (C=O) groups is 1. The number of hydrogen-bond acceptors (Lipinski definition) is 6. The standard InChI is InChI=1S/C46H94NO7P/c1-6-8-10-12-14-16-18-19-20-21-22-23-24-25-26-27-28-29-31-33-35-37-39-46(48)54-45(44-53-55(49,50)52-42-40-47(3,4)5)43-51-41-38-36-34-32-30-17-15-13-11-9-7-2/h45H,6-44H2,1-5H3/p+1. The van der Waals surface area contributed by atoms with E-state index in [0.717, 1.165) is 32.1 Å². The minimum atomic E-state index is -4.26. The van der Waals surface area contributed by atoms with Gasteiger partial charge in [-0.25, -0.2) is 4.57 Å². The van der Waals surface area contributed by atoms with Crippen LogP contribution in [0.3, 0.4) is 0 Å². The third-order valence-corrected chi connectivity index (χ3v) is 11.7. The second kappa shape index (κ2) is 40.3. The summed E-state index contributed by atoms with van der Waals surface area (Å²) in [6, 6.07) is 0. The van der Waals surface area contributed by atoms with Crippen molar-refractivity contribution < 1.29 is 37.3 Å². The molecule has 0 aromatic heterocycles. The number of unbranched alkanes of at least 4 members (excludes halogenated alkanes) is 31. The van der Waals surface area contributed by atoms with Crippen LogP contribution in [0.25, 0.3) is 0 Å². The van der Waals surface area contributed by atoms with Gasteiger partial charge >= 0.3 is 13.8 Å². The van der Waals surface area contributed by atoms with Crippen molar-refractivity contribution in [3.63, 3.8) is 0 Å². The second-order valence-electron chi connectivity index (χ2n) is 17.5. The Kier molecular flexibility index (Phi) is 39.9. The van der Waals surface area contributed by atoms with E-state index in [4.69, 9.17) is 18.5 Å². The molecule has 55 heavy (non-hydrogen) atoms. The lowest BCUT2D eigenvalue weighted by Gasteiger charge is -2.24. The van der Waals surface area contributed by atoms with Crippen molar-refractivity contribution in [3.8, 4) is 0 Å². The van der Waals surface area contributed by atoms with E-state index in [1.165, 1.54) is 180 Å². The summed E-state index contributed by atoms with van der Waals surface area (Å²) >= 11 is 0. The molecule has 0 heterocycles. The van der Waals surface area contributed by atoms with Crippen molar-refractivity contribution in [1.29, 1.82) is 0 Å². The normalized spacial score (nSPS) is 13.6. The Bertz CT molecular complexity index is 853. The Morgan fingerprint density at radius 2 is 0.836 bits per heavy atom. The zero-order valence-corrected chi connectivity index (χ0v) is 38.3. The third-order valence-electron chi connectivity index (χ3n) is 10.7. The van der Waals surface area contributed by atoms with E-state index in [1.807, 2.05) is 21.1 Å². The van der Waals surface area contributed by atoms with E-state index in [-0.39, 0.29) is 25.8 Å². The van der Waals surface area contributed by atoms with Crippen LogP contribution in [0.4, 0.5) is 0 Å². The van der Waals surface area contributed by atoms with Crippen LogP contribution >= 0.6 is 7.82 Å². The lowest BCUT2D eigenvalue weighted by molar-refractivity contribution is -0.870. The number of esters is 1. The van der Waals surface area contributed by atoms with Gasteiger partial charge in [-0.2, -0.15) is 0 Å². The minimum absolute atomic E-state index is 0.0938. The predicted molar refractivity (Wildman–Crippen MR) is 234 cm³/mol. The van der Waals surface area contributed by atoms with Gasteiger partial charge in [-0.15, -0.1) is 0 Å². The lowest BCUT2D eigenvalue weighted by Crippen LogP contribution is -2.37. The quantitative estimate of drug-likeness (QED) is 0.0284. The maximum absolute atomic E-state index is 12.7. The molecule has 0 saturated heterocycles. The molecule has 2 atom stereocenters. The number of quaternary nitrogens is 1. The van der Waals surface area contributed by atoms with Crippen LogP contribution < -0.4 is 0 Å². The van der Waals surface area contributed by atoms with Crippen LogP contribution in [0.1, 0.15) is 232 Å². The summed E-state index contributed by atoms with van der Waals surface area (Å²) < 4.78 is 35.0. The molecule has 0 radical (unpaired) electrons. The van der Waals surface area contributed by atoms with E-state index in [1.54, 1.807) is 0 Å². The molecular weight excluding hydrogens is 709 g/mol. The van der Waals surface area contributed by atoms with Crippen LogP contribution in [-0.2, 0) is 27.9 Å². The Labute approximate surface area is 342 Å². The zero-order valence-electron chi connectivity index (χ0n) is 37.4. The summed E-state index contributed by atoms with van der Waals surface area (Å²) in [6.45, 7) is 5.68. The smallest absolute Gasteiger partial charge is 0.457 e. The summed E-state index contributed by atoms with van der Waals surface area (Å²) in [5.41, 5.74) is 0. The molecule has 0 amide bonds. The molecule has 0 aliphatic carbocycles. The van der Waals surface area contributed by atoms with Crippen molar-refractivity contribution in [2.24, 2.45) is 0 Å². The van der Waals surface area contributed by atoms with Crippen LogP contribution in [-0.4, -0.2) is 75.6 Å². The van der Waals surface area contributed by atoms with Gasteiger partial charge in [-0.3, -0.25) is 13.8 Å². The van der Waals surface area contributed by atoms with Gasteiger partial charge in [-0.1, -0.05) is 213 Å². The molecule has 0 aliphatic rings. The Morgan fingerprint density at radius 1 is 0.491 bits per heavy atom. The fourth-order valence-corrected chi connectivity index (χ4v) is 7.71. The number of carbonyl (C=O) groups excluding carboxylic acids is 1. The van der Waals surface area contributed by atoms with Crippen LogP contribution in [0, 0.1) is 0 Å². The Hall–Kier alpha value is -0.500. The molecule has 0 saturated carbocycles. The van der Waals surface area contributed by atoms with Crippen molar-refractivity contribution in [2.45, 2.75) is 238 Å². The summed E-state index contributed by atoms with van der Waals surface area (Å²) in [5.74, 6) is -0.307. The number of phosphoric acid groups is 1. The number of likely N-dealkylation sites (N-methyl/N-ethyl adjacent to an activating group) is 1. The highest BCUT2D eigenvalue weighted by Gasteiger charge is 2.26. The van der Waals surface area contributed by atoms with Gasteiger partial charge in [0, 0.05) is 13.0 Å². The first-order valence-electron chi connectivity index (χ1n) is 23.8. The van der Waals surface area contributed by atoms with Gasteiger partial charge in [0.2, 0.25) is 0 Å². The van der Waals surface area contributed by atoms with E-state index < -0.39 is 13.9 Å². The monoisotopic (exact) mass is 805 g/mol. The molecular formula is C46H95NO7P+. The molecule has 0 spiro atoms. The largest absolute Gasteiger partial charge is 0.472 e. The van der Waals surface area contributed by atoms with Crippen LogP contribution in [0.5, 0.6) is 0 Å². The van der Waals surface area contributed by atoms with Crippen molar-refractivity contribution in [2.75, 3.05) is 54.1 Å². The van der Waals surface area contributed by atoms with Gasteiger partial charge in [-0.05, 0) is 12.8 Å². The van der Waals surface area contributed by atoms with Gasteiger partial charge < -0.3 is 18.9 Å². The molecule has 0 aliphatic heterocycles. The van der Waals surface area contributed by atoms with Crippen molar-refractivity contribution in [1.82, 2.24) is 0 Å². The summed E-state index contributed by atoms with van der Waals surface area (Å²) in [5, 5.41) is 0. The van der Waals surface area contributed by atoms with Gasteiger partial charge in [0.1, 0.15) is 19.3 Å². The van der Waals surface area contributed by atoms with Gasteiger partial charge in [0.15, 0.2) is 0 Å². The number of ether oxygens (including phenoxy) is 2. The SMILES string of the molecule is CCCCCCCCCCCCCCCCCCCCCCCCC(=O)OC(COCCCCCCCCCCCCC)COP(=O)(O)OCC[N+](C)(C)C. The average Bonchev–Trinajstić information content (AvgIpc) is 3.13. The summed E-state index contributed by atoms with van der Waals surface area (Å²) in [7, 11) is 1.69. The van der Waals surface area contributed by atoms with Gasteiger partial charge in [0.25, 0.3) is 0 Å². The lowest BCUT2D eigenvalue weighted by atomic mass is 10.0. The molecule has 0 aromatic rings. The highest BCUT2D eigenvalue weighted by Crippen LogP contribution is 2.43. The highest BCUT2D eigenvalue weighted by molar-refractivity contribution is 7.47. The van der Waals surface area contributed by atoms with Crippen molar-refractivity contribution in [3.05, 3.63) is 0 Å². The fraction of sp³-hybridized carbons (Fsp3) is 0.978. The number of phosphoric ester groups is 1. The van der Waals surface area contributed by atoms with Gasteiger partial charge in [0.05, 0.1) is 34.4 Å². The van der Waals surface area contributed by atoms with E-state index in [9.17, 15) is 14.3 Å². The van der Waals surface area contributed by atoms with E-state index in [2.05, 4.69) is 13.8 Å². The average molecular weight is 805 g/mol. The van der Waals surface area contributed by atoms with Crippen molar-refractivity contribution >= 4 is 13.8 Å². The predicted octanol–water partition coefficient (Wildman–Crippen LogP) is 14.1. The molecule has 0 fully saturated rings.